The number of rotatable bonds is 4. The monoisotopic (exact) mass is 271 g/mol. The summed E-state index contributed by atoms with van der Waals surface area (Å²) in [5, 5.41) is 11.4. The lowest BCUT2D eigenvalue weighted by atomic mass is 9.81. The van der Waals surface area contributed by atoms with Gasteiger partial charge in [0.15, 0.2) is 5.78 Å². The lowest BCUT2D eigenvalue weighted by Gasteiger charge is -2.30. The Hall–Kier alpha value is -1.68. The molecule has 1 aromatic heterocycles. The first kappa shape index (κ1) is 13.3. The maximum absolute atomic E-state index is 13.0. The molecule has 0 amide bonds. The van der Waals surface area contributed by atoms with Gasteiger partial charge >= 0.3 is 0 Å². The van der Waals surface area contributed by atoms with Crippen LogP contribution in [0.5, 0.6) is 0 Å². The van der Waals surface area contributed by atoms with E-state index in [0.29, 0.717) is 5.92 Å². The van der Waals surface area contributed by atoms with Gasteiger partial charge in [-0.15, -0.1) is 0 Å². The first-order valence-electron chi connectivity index (χ1n) is 7.34. The summed E-state index contributed by atoms with van der Waals surface area (Å²) >= 11 is 0. The summed E-state index contributed by atoms with van der Waals surface area (Å²) in [5.41, 5.74) is 1.39. The van der Waals surface area contributed by atoms with Gasteiger partial charge in [0.2, 0.25) is 0 Å². The van der Waals surface area contributed by atoms with E-state index >= 15 is 0 Å². The highest BCUT2D eigenvalue weighted by molar-refractivity contribution is 6.05. The molecular weight excluding hydrogens is 250 g/mol. The van der Waals surface area contributed by atoms with Crippen molar-refractivity contribution in [2.45, 2.75) is 38.6 Å². The van der Waals surface area contributed by atoms with Crippen molar-refractivity contribution in [2.75, 3.05) is 6.54 Å². The van der Waals surface area contributed by atoms with Gasteiger partial charge in [-0.2, -0.15) is 5.10 Å². The van der Waals surface area contributed by atoms with Gasteiger partial charge < -0.3 is 5.32 Å². The number of Topliss-reactive ketones (excluding diaryl/α,β-unsaturated/α-hetero) is 1. The molecule has 0 bridgehead atoms. The fourth-order valence-corrected chi connectivity index (χ4v) is 3.32. The second-order valence-corrected chi connectivity index (χ2v) is 6.21. The van der Waals surface area contributed by atoms with Crippen molar-refractivity contribution < 1.29 is 4.79 Å². The van der Waals surface area contributed by atoms with E-state index in [2.05, 4.69) is 29.4 Å². The van der Waals surface area contributed by atoms with E-state index in [1.54, 1.807) is 6.20 Å². The molecule has 0 saturated carbocycles. The van der Waals surface area contributed by atoms with Crippen molar-refractivity contribution in [3.8, 4) is 0 Å². The SMILES string of the molecule is CC(C)C[C@@]1(C(=O)c2ccc3[nH]ncc3c2)CCCN1. The van der Waals surface area contributed by atoms with E-state index in [0.717, 1.165) is 42.3 Å². The molecule has 1 saturated heterocycles. The van der Waals surface area contributed by atoms with Gasteiger partial charge in [-0.25, -0.2) is 0 Å². The number of hydrogen-bond donors (Lipinski definition) is 2. The van der Waals surface area contributed by atoms with Crippen molar-refractivity contribution in [1.29, 1.82) is 0 Å². The van der Waals surface area contributed by atoms with Crippen molar-refractivity contribution in [2.24, 2.45) is 5.92 Å². The van der Waals surface area contributed by atoms with Crippen molar-refractivity contribution in [3.63, 3.8) is 0 Å². The van der Waals surface area contributed by atoms with E-state index in [1.807, 2.05) is 18.2 Å². The minimum absolute atomic E-state index is 0.229. The zero-order valence-electron chi connectivity index (χ0n) is 12.1. The molecule has 2 aromatic rings. The minimum Gasteiger partial charge on any atom is -0.305 e. The highest BCUT2D eigenvalue weighted by Gasteiger charge is 2.41. The Morgan fingerprint density at radius 3 is 3.00 bits per heavy atom. The summed E-state index contributed by atoms with van der Waals surface area (Å²) in [4.78, 5) is 13.0. The molecule has 106 valence electrons. The summed E-state index contributed by atoms with van der Waals surface area (Å²) in [7, 11) is 0. The first-order valence-corrected chi connectivity index (χ1v) is 7.34. The molecule has 3 rings (SSSR count). The first-order chi connectivity index (χ1) is 9.61. The second-order valence-electron chi connectivity index (χ2n) is 6.21. The van der Waals surface area contributed by atoms with Crippen LogP contribution in [0.2, 0.25) is 0 Å². The van der Waals surface area contributed by atoms with Crippen LogP contribution in [0, 0.1) is 5.92 Å². The molecule has 0 aliphatic carbocycles. The molecule has 0 radical (unpaired) electrons. The van der Waals surface area contributed by atoms with Crippen molar-refractivity contribution in [3.05, 3.63) is 30.0 Å². The third kappa shape index (κ3) is 2.24. The van der Waals surface area contributed by atoms with Crippen LogP contribution in [-0.4, -0.2) is 28.1 Å². The van der Waals surface area contributed by atoms with Gasteiger partial charge in [0.1, 0.15) is 0 Å². The predicted octanol–water partition coefficient (Wildman–Crippen LogP) is 2.91. The van der Waals surface area contributed by atoms with Crippen LogP contribution >= 0.6 is 0 Å². The molecular formula is C16H21N3O. The minimum atomic E-state index is -0.369. The Kier molecular flexibility index (Phi) is 3.34. The molecule has 1 aliphatic rings. The number of aromatic amines is 1. The van der Waals surface area contributed by atoms with Crippen LogP contribution in [0.1, 0.15) is 43.5 Å². The summed E-state index contributed by atoms with van der Waals surface area (Å²) in [5.74, 6) is 0.731. The van der Waals surface area contributed by atoms with Crippen LogP contribution in [-0.2, 0) is 0 Å². The third-order valence-corrected chi connectivity index (χ3v) is 4.14. The molecule has 4 nitrogen and oxygen atoms in total. The zero-order valence-corrected chi connectivity index (χ0v) is 12.1. The second kappa shape index (κ2) is 5.02. The number of fused-ring (bicyclic) bond motifs is 1. The molecule has 1 aromatic carbocycles. The topological polar surface area (TPSA) is 57.8 Å². The van der Waals surface area contributed by atoms with Crippen LogP contribution in [0.15, 0.2) is 24.4 Å². The Balaban J connectivity index is 1.96. The molecule has 2 N–H and O–H groups in total. The van der Waals surface area contributed by atoms with Crippen LogP contribution in [0.3, 0.4) is 0 Å². The molecule has 0 unspecified atom stereocenters. The molecule has 4 heteroatoms. The summed E-state index contributed by atoms with van der Waals surface area (Å²) in [6.45, 7) is 5.29. The number of nitrogens with one attached hydrogen (secondary N) is 2. The fraction of sp³-hybridized carbons (Fsp3) is 0.500. The van der Waals surface area contributed by atoms with E-state index in [-0.39, 0.29) is 11.3 Å². The zero-order chi connectivity index (χ0) is 14.2. The summed E-state index contributed by atoms with van der Waals surface area (Å²) in [6.07, 6.45) is 4.68. The highest BCUT2D eigenvalue weighted by Crippen LogP contribution is 2.31. The van der Waals surface area contributed by atoms with Crippen LogP contribution < -0.4 is 5.32 Å². The largest absolute Gasteiger partial charge is 0.305 e. The number of H-pyrrole nitrogens is 1. The van der Waals surface area contributed by atoms with Gasteiger partial charge in [-0.3, -0.25) is 9.89 Å². The van der Waals surface area contributed by atoms with Gasteiger partial charge in [0.25, 0.3) is 0 Å². The van der Waals surface area contributed by atoms with Gasteiger partial charge in [-0.1, -0.05) is 13.8 Å². The number of benzene rings is 1. The molecule has 1 atom stereocenters. The number of ketones is 1. The third-order valence-electron chi connectivity index (χ3n) is 4.14. The average molecular weight is 271 g/mol. The molecule has 2 heterocycles. The Morgan fingerprint density at radius 1 is 1.45 bits per heavy atom. The van der Waals surface area contributed by atoms with Gasteiger partial charge in [-0.05, 0) is 49.9 Å². The molecule has 20 heavy (non-hydrogen) atoms. The lowest BCUT2D eigenvalue weighted by molar-refractivity contribution is 0.0844. The van der Waals surface area contributed by atoms with Crippen molar-refractivity contribution in [1.82, 2.24) is 15.5 Å². The van der Waals surface area contributed by atoms with Crippen LogP contribution in [0.4, 0.5) is 0 Å². The molecule has 1 aliphatic heterocycles. The van der Waals surface area contributed by atoms with Gasteiger partial charge in [0.05, 0.1) is 17.3 Å². The Bertz CT molecular complexity index is 623. The number of aromatic nitrogens is 2. The van der Waals surface area contributed by atoms with E-state index in [4.69, 9.17) is 0 Å². The Labute approximate surface area is 119 Å². The van der Waals surface area contributed by atoms with E-state index in [1.165, 1.54) is 0 Å². The van der Waals surface area contributed by atoms with E-state index < -0.39 is 0 Å². The predicted molar refractivity (Wildman–Crippen MR) is 79.8 cm³/mol. The van der Waals surface area contributed by atoms with Crippen LogP contribution in [0.25, 0.3) is 10.9 Å². The average Bonchev–Trinajstić information content (AvgIpc) is 3.05. The summed E-state index contributed by atoms with van der Waals surface area (Å²) < 4.78 is 0. The standard InChI is InChI=1S/C16H21N3O/c1-11(2)9-16(6-3-7-17-16)15(20)12-4-5-14-13(8-12)10-18-19-14/h4-5,8,10-11,17H,3,6-7,9H2,1-2H3,(H,18,19)/t16-/m1/s1. The number of nitrogens with zero attached hydrogens (tertiary/aromatic N) is 1. The smallest absolute Gasteiger partial charge is 0.182 e. The molecule has 0 spiro atoms. The number of carbonyl (C=O) groups excluding carboxylic acids is 1. The maximum atomic E-state index is 13.0. The van der Waals surface area contributed by atoms with E-state index in [9.17, 15) is 4.79 Å². The quantitative estimate of drug-likeness (QED) is 0.841. The lowest BCUT2D eigenvalue weighted by Crippen LogP contribution is -2.48. The fourth-order valence-electron chi connectivity index (χ4n) is 3.32. The number of hydrogen-bond acceptors (Lipinski definition) is 3. The Morgan fingerprint density at radius 2 is 2.30 bits per heavy atom. The van der Waals surface area contributed by atoms with Crippen molar-refractivity contribution >= 4 is 16.7 Å². The highest BCUT2D eigenvalue weighted by atomic mass is 16.1. The normalized spacial score (nSPS) is 22.8. The van der Waals surface area contributed by atoms with Gasteiger partial charge in [0, 0.05) is 10.9 Å². The summed E-state index contributed by atoms with van der Waals surface area (Å²) in [6, 6.07) is 5.79. The maximum Gasteiger partial charge on any atom is 0.182 e. The molecule has 1 fully saturated rings. The number of carbonyl (C=O) groups is 1.